The van der Waals surface area contributed by atoms with Gasteiger partial charge < -0.3 is 19.5 Å². The van der Waals surface area contributed by atoms with Crippen LogP contribution in [0.4, 0.5) is 4.79 Å². The molecule has 1 aromatic carbocycles. The van der Waals surface area contributed by atoms with Gasteiger partial charge in [-0.25, -0.2) is 9.59 Å². The number of benzene rings is 1. The van der Waals surface area contributed by atoms with Crippen molar-refractivity contribution in [3.8, 4) is 11.5 Å². The summed E-state index contributed by atoms with van der Waals surface area (Å²) in [5.74, 6) is -0.505. The standard InChI is InChI=1S/C19H28N2O6/c1-7-25-14-10-9-13(11-15(14)26-8-2)17(23)27-12(3)16(22)20-18(24)21-19(4,5)6/h9-12H,7-8H2,1-6H3,(H2,20,21,22,24). The summed E-state index contributed by atoms with van der Waals surface area (Å²) < 4.78 is 16.0. The molecule has 8 heteroatoms. The van der Waals surface area contributed by atoms with Gasteiger partial charge in [-0.15, -0.1) is 0 Å². The molecule has 150 valence electrons. The Morgan fingerprint density at radius 1 is 1.04 bits per heavy atom. The second-order valence-corrected chi connectivity index (χ2v) is 6.77. The number of amides is 3. The van der Waals surface area contributed by atoms with Gasteiger partial charge in [-0.2, -0.15) is 0 Å². The molecule has 1 unspecified atom stereocenters. The van der Waals surface area contributed by atoms with Crippen molar-refractivity contribution in [1.29, 1.82) is 0 Å². The zero-order valence-electron chi connectivity index (χ0n) is 16.7. The van der Waals surface area contributed by atoms with Crippen molar-refractivity contribution >= 4 is 17.9 Å². The molecule has 0 bridgehead atoms. The number of hydrogen-bond acceptors (Lipinski definition) is 6. The number of nitrogens with one attached hydrogen (secondary N) is 2. The first-order valence-corrected chi connectivity index (χ1v) is 8.81. The normalized spacial score (nSPS) is 11.9. The molecule has 0 heterocycles. The van der Waals surface area contributed by atoms with Crippen molar-refractivity contribution in [2.75, 3.05) is 13.2 Å². The lowest BCUT2D eigenvalue weighted by Crippen LogP contribution is -2.50. The molecular weight excluding hydrogens is 352 g/mol. The molecule has 1 rings (SSSR count). The quantitative estimate of drug-likeness (QED) is 0.705. The van der Waals surface area contributed by atoms with Crippen molar-refractivity contribution in [2.45, 2.75) is 53.2 Å². The number of carbonyl (C=O) groups excluding carboxylic acids is 3. The molecule has 0 aliphatic heterocycles. The predicted molar refractivity (Wildman–Crippen MR) is 100 cm³/mol. The smallest absolute Gasteiger partial charge is 0.339 e. The average molecular weight is 380 g/mol. The molecule has 0 spiro atoms. The topological polar surface area (TPSA) is 103 Å². The Kier molecular flexibility index (Phi) is 8.08. The van der Waals surface area contributed by atoms with E-state index in [1.54, 1.807) is 26.8 Å². The Labute approximate surface area is 159 Å². The fourth-order valence-electron chi connectivity index (χ4n) is 2.05. The molecule has 0 radical (unpaired) electrons. The van der Waals surface area contributed by atoms with E-state index in [0.29, 0.717) is 24.7 Å². The van der Waals surface area contributed by atoms with Crippen molar-refractivity contribution < 1.29 is 28.6 Å². The molecule has 1 aromatic rings. The van der Waals surface area contributed by atoms with E-state index in [1.807, 2.05) is 13.8 Å². The van der Waals surface area contributed by atoms with Gasteiger partial charge in [0.15, 0.2) is 17.6 Å². The van der Waals surface area contributed by atoms with Crippen LogP contribution in [0.1, 0.15) is 51.9 Å². The lowest BCUT2D eigenvalue weighted by Gasteiger charge is -2.21. The van der Waals surface area contributed by atoms with Crippen LogP contribution in [0.15, 0.2) is 18.2 Å². The van der Waals surface area contributed by atoms with Gasteiger partial charge in [0, 0.05) is 5.54 Å². The minimum absolute atomic E-state index is 0.209. The zero-order chi connectivity index (χ0) is 20.6. The number of esters is 1. The molecule has 1 atom stereocenters. The molecule has 8 nitrogen and oxygen atoms in total. The van der Waals surface area contributed by atoms with Crippen LogP contribution in [0.5, 0.6) is 11.5 Å². The third kappa shape index (κ3) is 7.55. The van der Waals surface area contributed by atoms with Crippen LogP contribution < -0.4 is 20.1 Å². The van der Waals surface area contributed by atoms with Crippen LogP contribution in [0, 0.1) is 0 Å². The highest BCUT2D eigenvalue weighted by Crippen LogP contribution is 2.28. The summed E-state index contributed by atoms with van der Waals surface area (Å²) >= 11 is 0. The van der Waals surface area contributed by atoms with Gasteiger partial charge in [0.25, 0.3) is 5.91 Å². The number of ether oxygens (including phenoxy) is 3. The molecule has 27 heavy (non-hydrogen) atoms. The van der Waals surface area contributed by atoms with Crippen molar-refractivity contribution in [3.63, 3.8) is 0 Å². The maximum atomic E-state index is 12.3. The summed E-state index contributed by atoms with van der Waals surface area (Å²) in [5.41, 5.74) is -0.289. The lowest BCUT2D eigenvalue weighted by atomic mass is 10.1. The van der Waals surface area contributed by atoms with E-state index < -0.39 is 29.6 Å². The van der Waals surface area contributed by atoms with Crippen LogP contribution in [0.2, 0.25) is 0 Å². The SMILES string of the molecule is CCOc1ccc(C(=O)OC(C)C(=O)NC(=O)NC(C)(C)C)cc1OCC. The summed E-state index contributed by atoms with van der Waals surface area (Å²) in [5, 5.41) is 4.73. The minimum atomic E-state index is -1.15. The number of rotatable bonds is 7. The summed E-state index contributed by atoms with van der Waals surface area (Å²) in [7, 11) is 0. The van der Waals surface area contributed by atoms with Gasteiger partial charge in [0.2, 0.25) is 0 Å². The van der Waals surface area contributed by atoms with E-state index in [1.165, 1.54) is 19.1 Å². The zero-order valence-corrected chi connectivity index (χ0v) is 16.7. The first-order valence-electron chi connectivity index (χ1n) is 8.81. The van der Waals surface area contributed by atoms with E-state index in [-0.39, 0.29) is 5.56 Å². The summed E-state index contributed by atoms with van der Waals surface area (Å²) in [6, 6.07) is 3.96. The summed E-state index contributed by atoms with van der Waals surface area (Å²) in [6.45, 7) is 11.2. The highest BCUT2D eigenvalue weighted by atomic mass is 16.5. The number of hydrogen-bond donors (Lipinski definition) is 2. The summed E-state index contributed by atoms with van der Waals surface area (Å²) in [4.78, 5) is 36.1. The molecule has 0 saturated heterocycles. The summed E-state index contributed by atoms with van der Waals surface area (Å²) in [6.07, 6.45) is -1.15. The number of imide groups is 1. The van der Waals surface area contributed by atoms with Gasteiger partial charge in [-0.05, 0) is 59.7 Å². The fourth-order valence-corrected chi connectivity index (χ4v) is 2.05. The van der Waals surface area contributed by atoms with Crippen LogP contribution in [0.3, 0.4) is 0 Å². The minimum Gasteiger partial charge on any atom is -0.490 e. The first-order chi connectivity index (χ1) is 12.6. The maximum Gasteiger partial charge on any atom is 0.339 e. The van der Waals surface area contributed by atoms with Gasteiger partial charge in [-0.3, -0.25) is 10.1 Å². The second kappa shape index (κ2) is 9.80. The Bertz CT molecular complexity index is 681. The van der Waals surface area contributed by atoms with Crippen LogP contribution in [-0.2, 0) is 9.53 Å². The molecule has 0 saturated carbocycles. The molecule has 0 aromatic heterocycles. The molecule has 0 fully saturated rings. The highest BCUT2D eigenvalue weighted by molar-refractivity contribution is 5.98. The van der Waals surface area contributed by atoms with Gasteiger partial charge in [-0.1, -0.05) is 0 Å². The Morgan fingerprint density at radius 2 is 1.63 bits per heavy atom. The average Bonchev–Trinajstić information content (AvgIpc) is 2.54. The molecule has 2 N–H and O–H groups in total. The highest BCUT2D eigenvalue weighted by Gasteiger charge is 2.23. The Balaban J connectivity index is 2.75. The predicted octanol–water partition coefficient (Wildman–Crippen LogP) is 2.65. The van der Waals surface area contributed by atoms with Gasteiger partial charge in [0.1, 0.15) is 0 Å². The van der Waals surface area contributed by atoms with E-state index in [2.05, 4.69) is 10.6 Å². The fraction of sp³-hybridized carbons (Fsp3) is 0.526. The lowest BCUT2D eigenvalue weighted by molar-refractivity contribution is -0.127. The first kappa shape index (κ1) is 22.3. The molecule has 3 amide bonds. The third-order valence-corrected chi connectivity index (χ3v) is 3.16. The third-order valence-electron chi connectivity index (χ3n) is 3.16. The van der Waals surface area contributed by atoms with Gasteiger partial charge >= 0.3 is 12.0 Å². The molecule has 0 aliphatic rings. The second-order valence-electron chi connectivity index (χ2n) is 6.77. The van der Waals surface area contributed by atoms with Crippen molar-refractivity contribution in [1.82, 2.24) is 10.6 Å². The molecule has 0 aliphatic carbocycles. The van der Waals surface area contributed by atoms with Crippen LogP contribution >= 0.6 is 0 Å². The Morgan fingerprint density at radius 3 is 2.19 bits per heavy atom. The Hall–Kier alpha value is -2.77. The van der Waals surface area contributed by atoms with Crippen molar-refractivity contribution in [2.24, 2.45) is 0 Å². The van der Waals surface area contributed by atoms with Gasteiger partial charge in [0.05, 0.1) is 18.8 Å². The maximum absolute atomic E-state index is 12.3. The number of urea groups is 1. The van der Waals surface area contributed by atoms with E-state index in [9.17, 15) is 14.4 Å². The molecular formula is C19H28N2O6. The van der Waals surface area contributed by atoms with Crippen LogP contribution in [-0.4, -0.2) is 42.8 Å². The number of carbonyl (C=O) groups is 3. The van der Waals surface area contributed by atoms with E-state index in [0.717, 1.165) is 0 Å². The van der Waals surface area contributed by atoms with Crippen molar-refractivity contribution in [3.05, 3.63) is 23.8 Å². The monoisotopic (exact) mass is 380 g/mol. The largest absolute Gasteiger partial charge is 0.490 e. The van der Waals surface area contributed by atoms with Crippen LogP contribution in [0.25, 0.3) is 0 Å². The van der Waals surface area contributed by atoms with E-state index in [4.69, 9.17) is 14.2 Å². The van der Waals surface area contributed by atoms with E-state index >= 15 is 0 Å².